The number of ketones is 1. The first-order chi connectivity index (χ1) is 12.8. The molecule has 0 aliphatic rings. The van der Waals surface area contributed by atoms with Crippen molar-refractivity contribution in [3.63, 3.8) is 0 Å². The number of thioether (sulfide) groups is 1. The smallest absolute Gasteiger partial charge is 0.243 e. The first-order valence-corrected chi connectivity index (χ1v) is 9.80. The second-order valence-electron chi connectivity index (χ2n) is 5.77. The van der Waals surface area contributed by atoms with Crippen molar-refractivity contribution < 1.29 is 18.8 Å². The molecule has 27 heavy (non-hydrogen) atoms. The van der Waals surface area contributed by atoms with Crippen LogP contribution in [-0.4, -0.2) is 29.9 Å². The summed E-state index contributed by atoms with van der Waals surface area (Å²) in [6.45, 7) is 3.04. The summed E-state index contributed by atoms with van der Waals surface area (Å²) in [6, 6.07) is 9.58. The number of halogens is 2. The highest BCUT2D eigenvalue weighted by Gasteiger charge is 2.11. The summed E-state index contributed by atoms with van der Waals surface area (Å²) < 4.78 is 14.8. The van der Waals surface area contributed by atoms with Gasteiger partial charge in [-0.1, -0.05) is 22.0 Å². The lowest BCUT2D eigenvalue weighted by molar-refractivity contribution is -0.122. The molecule has 0 aliphatic heterocycles. The molecule has 0 bridgehead atoms. The minimum atomic E-state index is -0.552. The van der Waals surface area contributed by atoms with E-state index in [1.807, 2.05) is 19.1 Å². The third-order valence-electron chi connectivity index (χ3n) is 3.61. The van der Waals surface area contributed by atoms with E-state index < -0.39 is 11.7 Å². The maximum Gasteiger partial charge on any atom is 0.243 e. The molecule has 0 unspecified atom stereocenters. The number of nitrogens with one attached hydrogen (secondary N) is 2. The molecule has 0 fully saturated rings. The minimum Gasteiger partial charge on any atom is -0.346 e. The van der Waals surface area contributed by atoms with E-state index in [1.165, 1.54) is 19.1 Å². The van der Waals surface area contributed by atoms with E-state index in [4.69, 9.17) is 0 Å². The van der Waals surface area contributed by atoms with Crippen molar-refractivity contribution in [2.45, 2.75) is 18.7 Å². The highest BCUT2D eigenvalue weighted by molar-refractivity contribution is 9.10. The SMILES string of the molecule is CC(=O)c1ccc(SCC(=O)NCC(=O)Nc2ccc(Br)cc2C)c(F)c1. The van der Waals surface area contributed by atoms with Gasteiger partial charge < -0.3 is 10.6 Å². The lowest BCUT2D eigenvalue weighted by Gasteiger charge is -2.10. The molecule has 2 N–H and O–H groups in total. The van der Waals surface area contributed by atoms with Crippen LogP contribution in [0.2, 0.25) is 0 Å². The number of carbonyl (C=O) groups is 3. The summed E-state index contributed by atoms with van der Waals surface area (Å²) in [6.07, 6.45) is 0. The summed E-state index contributed by atoms with van der Waals surface area (Å²) in [5, 5.41) is 5.21. The molecule has 0 spiro atoms. The summed E-state index contributed by atoms with van der Waals surface area (Å²) in [5.74, 6) is -1.56. The Balaban J connectivity index is 1.80. The standard InChI is InChI=1S/C19H18BrFN2O3S/c1-11-7-14(20)4-5-16(11)23-18(25)9-22-19(26)10-27-17-6-3-13(12(2)24)8-15(17)21/h3-8H,9-10H2,1-2H3,(H,22,26)(H,23,25). The van der Waals surface area contributed by atoms with Crippen LogP contribution in [0.1, 0.15) is 22.8 Å². The van der Waals surface area contributed by atoms with Gasteiger partial charge in [0, 0.05) is 20.6 Å². The van der Waals surface area contributed by atoms with E-state index in [1.54, 1.807) is 6.07 Å². The number of hydrogen-bond acceptors (Lipinski definition) is 4. The van der Waals surface area contributed by atoms with Crippen LogP contribution in [0, 0.1) is 12.7 Å². The molecule has 0 saturated heterocycles. The Morgan fingerprint density at radius 1 is 1.11 bits per heavy atom. The number of rotatable bonds is 7. The van der Waals surface area contributed by atoms with Crippen molar-refractivity contribution in [3.05, 3.63) is 57.8 Å². The predicted octanol–water partition coefficient (Wildman–Crippen LogP) is 3.95. The third kappa shape index (κ3) is 6.48. The summed E-state index contributed by atoms with van der Waals surface area (Å²) in [5.41, 5.74) is 1.84. The van der Waals surface area contributed by atoms with Crippen molar-refractivity contribution in [3.8, 4) is 0 Å². The molecule has 2 rings (SSSR count). The van der Waals surface area contributed by atoms with Gasteiger partial charge in [0.05, 0.1) is 12.3 Å². The predicted molar refractivity (Wildman–Crippen MR) is 108 cm³/mol. The van der Waals surface area contributed by atoms with Gasteiger partial charge in [0.15, 0.2) is 5.78 Å². The normalized spacial score (nSPS) is 10.4. The Bertz CT molecular complexity index is 889. The van der Waals surface area contributed by atoms with E-state index in [0.29, 0.717) is 5.69 Å². The second-order valence-corrected chi connectivity index (χ2v) is 7.71. The minimum absolute atomic E-state index is 0.0407. The van der Waals surface area contributed by atoms with E-state index >= 15 is 0 Å². The molecule has 2 amide bonds. The van der Waals surface area contributed by atoms with Crippen molar-refractivity contribution in [2.75, 3.05) is 17.6 Å². The van der Waals surface area contributed by atoms with Gasteiger partial charge >= 0.3 is 0 Å². The van der Waals surface area contributed by atoms with Gasteiger partial charge in [-0.2, -0.15) is 0 Å². The number of hydrogen-bond donors (Lipinski definition) is 2. The second kappa shape index (κ2) is 9.66. The zero-order valence-electron chi connectivity index (χ0n) is 14.8. The zero-order chi connectivity index (χ0) is 20.0. The van der Waals surface area contributed by atoms with Gasteiger partial charge in [0.25, 0.3) is 0 Å². The Labute approximate surface area is 169 Å². The molecule has 0 aromatic heterocycles. The molecule has 8 heteroatoms. The van der Waals surface area contributed by atoms with Gasteiger partial charge in [0.2, 0.25) is 11.8 Å². The number of amides is 2. The van der Waals surface area contributed by atoms with Crippen LogP contribution in [-0.2, 0) is 9.59 Å². The van der Waals surface area contributed by atoms with E-state index in [2.05, 4.69) is 26.6 Å². The lowest BCUT2D eigenvalue weighted by atomic mass is 10.1. The Morgan fingerprint density at radius 3 is 2.48 bits per heavy atom. The molecule has 2 aromatic rings. The fraction of sp³-hybridized carbons (Fsp3) is 0.211. The van der Waals surface area contributed by atoms with Crippen LogP contribution in [0.15, 0.2) is 45.8 Å². The van der Waals surface area contributed by atoms with Crippen molar-refractivity contribution in [2.24, 2.45) is 0 Å². The van der Waals surface area contributed by atoms with Crippen LogP contribution < -0.4 is 10.6 Å². The molecule has 2 aromatic carbocycles. The van der Waals surface area contributed by atoms with E-state index in [9.17, 15) is 18.8 Å². The molecular formula is C19H18BrFN2O3S. The monoisotopic (exact) mass is 452 g/mol. The van der Waals surface area contributed by atoms with Crippen LogP contribution >= 0.6 is 27.7 Å². The van der Waals surface area contributed by atoms with Crippen LogP contribution in [0.5, 0.6) is 0 Å². The van der Waals surface area contributed by atoms with Crippen LogP contribution in [0.25, 0.3) is 0 Å². The van der Waals surface area contributed by atoms with Gasteiger partial charge in [-0.15, -0.1) is 11.8 Å². The number of aryl methyl sites for hydroxylation is 1. The van der Waals surface area contributed by atoms with Crippen molar-refractivity contribution >= 4 is 51.0 Å². The summed E-state index contributed by atoms with van der Waals surface area (Å²) in [7, 11) is 0. The highest BCUT2D eigenvalue weighted by atomic mass is 79.9. The van der Waals surface area contributed by atoms with Gasteiger partial charge in [-0.3, -0.25) is 14.4 Å². The molecule has 0 atom stereocenters. The molecule has 0 radical (unpaired) electrons. The van der Waals surface area contributed by atoms with Crippen LogP contribution in [0.3, 0.4) is 0 Å². The summed E-state index contributed by atoms with van der Waals surface area (Å²) in [4.78, 5) is 35.3. The fourth-order valence-electron chi connectivity index (χ4n) is 2.17. The average molecular weight is 453 g/mol. The first kappa shape index (κ1) is 21.1. The Morgan fingerprint density at radius 2 is 1.85 bits per heavy atom. The van der Waals surface area contributed by atoms with Crippen molar-refractivity contribution in [1.29, 1.82) is 0 Å². The van der Waals surface area contributed by atoms with E-state index in [0.717, 1.165) is 27.9 Å². The van der Waals surface area contributed by atoms with Gasteiger partial charge in [-0.25, -0.2) is 4.39 Å². The number of Topliss-reactive ketones (excluding diaryl/α,β-unsaturated/α-hetero) is 1. The maximum absolute atomic E-state index is 13.9. The molecule has 5 nitrogen and oxygen atoms in total. The molecule has 0 heterocycles. The third-order valence-corrected chi connectivity index (χ3v) is 5.15. The fourth-order valence-corrected chi connectivity index (χ4v) is 3.40. The Kier molecular flexibility index (Phi) is 7.55. The number of carbonyl (C=O) groups excluding carboxylic acids is 3. The Hall–Kier alpha value is -2.19. The van der Waals surface area contributed by atoms with Crippen molar-refractivity contribution in [1.82, 2.24) is 5.32 Å². The summed E-state index contributed by atoms with van der Waals surface area (Å²) >= 11 is 4.35. The topological polar surface area (TPSA) is 75.3 Å². The van der Waals surface area contributed by atoms with Gasteiger partial charge in [0.1, 0.15) is 5.82 Å². The largest absolute Gasteiger partial charge is 0.346 e. The van der Waals surface area contributed by atoms with E-state index in [-0.39, 0.29) is 34.4 Å². The van der Waals surface area contributed by atoms with Gasteiger partial charge in [-0.05, 0) is 49.7 Å². The maximum atomic E-state index is 13.9. The lowest BCUT2D eigenvalue weighted by Crippen LogP contribution is -2.34. The average Bonchev–Trinajstić information content (AvgIpc) is 2.61. The molecule has 0 aliphatic carbocycles. The molecular weight excluding hydrogens is 435 g/mol. The first-order valence-electron chi connectivity index (χ1n) is 8.02. The zero-order valence-corrected chi connectivity index (χ0v) is 17.2. The number of anilines is 1. The van der Waals surface area contributed by atoms with Crippen LogP contribution in [0.4, 0.5) is 10.1 Å². The molecule has 0 saturated carbocycles. The number of benzene rings is 2. The molecule has 142 valence electrons. The quantitative estimate of drug-likeness (QED) is 0.492. The highest BCUT2D eigenvalue weighted by Crippen LogP contribution is 2.23.